The summed E-state index contributed by atoms with van der Waals surface area (Å²) < 4.78 is 0. The smallest absolute Gasteiger partial charge is 0.320 e. The Balaban J connectivity index is 1.97. The second-order valence-electron chi connectivity index (χ2n) is 3.78. The van der Waals surface area contributed by atoms with E-state index >= 15 is 0 Å². The molecule has 1 fully saturated rings. The van der Waals surface area contributed by atoms with Gasteiger partial charge in [-0.3, -0.25) is 4.98 Å². The fourth-order valence-electron chi connectivity index (χ4n) is 1.66. The number of aromatic nitrogens is 1. The van der Waals surface area contributed by atoms with Gasteiger partial charge in [-0.15, -0.1) is 0 Å². The molecule has 0 radical (unpaired) electrons. The Labute approximate surface area is 99.4 Å². The maximum Gasteiger partial charge on any atom is 0.322 e. The fourth-order valence-corrected chi connectivity index (χ4v) is 2.67. The topological polar surface area (TPSA) is 45.2 Å². The van der Waals surface area contributed by atoms with Crippen molar-refractivity contribution in [3.8, 4) is 0 Å². The number of thioether (sulfide) groups is 1. The van der Waals surface area contributed by atoms with Crippen molar-refractivity contribution in [2.45, 2.75) is 13.0 Å². The molecule has 0 bridgehead atoms. The molecule has 0 saturated carbocycles. The van der Waals surface area contributed by atoms with Crippen molar-refractivity contribution >= 4 is 23.5 Å². The van der Waals surface area contributed by atoms with Crippen molar-refractivity contribution in [3.63, 3.8) is 0 Å². The second kappa shape index (κ2) is 5.21. The van der Waals surface area contributed by atoms with E-state index in [1.165, 1.54) is 0 Å². The van der Waals surface area contributed by atoms with E-state index in [-0.39, 0.29) is 6.03 Å². The third-order valence-corrected chi connectivity index (χ3v) is 3.75. The monoisotopic (exact) mass is 237 g/mol. The second-order valence-corrected chi connectivity index (χ2v) is 4.93. The summed E-state index contributed by atoms with van der Waals surface area (Å²) in [5.41, 5.74) is 0.797. The van der Waals surface area contributed by atoms with Crippen molar-refractivity contribution in [3.05, 3.63) is 24.5 Å². The molecule has 86 valence electrons. The van der Waals surface area contributed by atoms with Crippen LogP contribution in [0.25, 0.3) is 0 Å². The van der Waals surface area contributed by atoms with Crippen LogP contribution in [0.15, 0.2) is 24.5 Å². The molecular formula is C11H15N3OS. The highest BCUT2D eigenvalue weighted by molar-refractivity contribution is 7.99. The number of hydrogen-bond donors (Lipinski definition) is 1. The van der Waals surface area contributed by atoms with Gasteiger partial charge >= 0.3 is 6.03 Å². The first-order valence-corrected chi connectivity index (χ1v) is 6.48. The van der Waals surface area contributed by atoms with Gasteiger partial charge in [-0.1, -0.05) is 0 Å². The molecular weight excluding hydrogens is 222 g/mol. The van der Waals surface area contributed by atoms with Crippen LogP contribution in [0.1, 0.15) is 6.92 Å². The van der Waals surface area contributed by atoms with Gasteiger partial charge in [-0.25, -0.2) is 4.79 Å². The molecule has 4 nitrogen and oxygen atoms in total. The van der Waals surface area contributed by atoms with Gasteiger partial charge in [0.1, 0.15) is 0 Å². The van der Waals surface area contributed by atoms with Crippen molar-refractivity contribution in [1.29, 1.82) is 0 Å². The number of urea groups is 1. The van der Waals surface area contributed by atoms with Crippen LogP contribution in [0.4, 0.5) is 10.5 Å². The molecule has 1 aliphatic rings. The number of carbonyl (C=O) groups is 1. The quantitative estimate of drug-likeness (QED) is 0.813. The average Bonchev–Trinajstić information content (AvgIpc) is 2.31. The minimum absolute atomic E-state index is 0.0148. The highest BCUT2D eigenvalue weighted by atomic mass is 32.2. The zero-order valence-electron chi connectivity index (χ0n) is 9.22. The molecule has 5 heteroatoms. The lowest BCUT2D eigenvalue weighted by molar-refractivity contribution is 0.200. The minimum Gasteiger partial charge on any atom is -0.320 e. The molecule has 1 saturated heterocycles. The number of carbonyl (C=O) groups excluding carboxylic acids is 1. The van der Waals surface area contributed by atoms with Gasteiger partial charge in [-0.2, -0.15) is 11.8 Å². The molecule has 0 unspecified atom stereocenters. The Morgan fingerprint density at radius 3 is 3.00 bits per heavy atom. The Hall–Kier alpha value is -1.23. The van der Waals surface area contributed by atoms with Gasteiger partial charge in [0.2, 0.25) is 0 Å². The first kappa shape index (κ1) is 11.3. The molecule has 1 aromatic heterocycles. The van der Waals surface area contributed by atoms with Crippen LogP contribution in [-0.2, 0) is 0 Å². The van der Waals surface area contributed by atoms with E-state index in [4.69, 9.17) is 0 Å². The van der Waals surface area contributed by atoms with Gasteiger partial charge in [-0.05, 0) is 19.1 Å². The van der Waals surface area contributed by atoms with Crippen molar-refractivity contribution < 1.29 is 4.79 Å². The summed E-state index contributed by atoms with van der Waals surface area (Å²) in [7, 11) is 0. The number of pyridine rings is 1. The van der Waals surface area contributed by atoms with Crippen LogP contribution in [0.2, 0.25) is 0 Å². The molecule has 1 N–H and O–H groups in total. The average molecular weight is 237 g/mol. The number of nitrogens with one attached hydrogen (secondary N) is 1. The van der Waals surface area contributed by atoms with Crippen molar-refractivity contribution in [2.24, 2.45) is 0 Å². The predicted octanol–water partition coefficient (Wildman–Crippen LogP) is 2.05. The lowest BCUT2D eigenvalue weighted by Gasteiger charge is -2.32. The SMILES string of the molecule is C[C@H]1CSCCN1C(=O)Nc1ccncc1. The van der Waals surface area contributed by atoms with E-state index in [0.717, 1.165) is 23.7 Å². The zero-order valence-corrected chi connectivity index (χ0v) is 10.0. The molecule has 0 aliphatic carbocycles. The van der Waals surface area contributed by atoms with Crippen LogP contribution in [0, 0.1) is 0 Å². The standard InChI is InChI=1S/C11H15N3OS/c1-9-8-16-7-6-14(9)11(15)13-10-2-4-12-5-3-10/h2-5,9H,6-8H2,1H3,(H,12,13,15)/t9-/m0/s1. The van der Waals surface area contributed by atoms with E-state index in [1.54, 1.807) is 24.5 Å². The summed E-state index contributed by atoms with van der Waals surface area (Å²) >= 11 is 1.90. The number of nitrogens with zero attached hydrogens (tertiary/aromatic N) is 2. The number of amides is 2. The Kier molecular flexibility index (Phi) is 3.66. The van der Waals surface area contributed by atoms with Crippen LogP contribution in [0.3, 0.4) is 0 Å². The normalized spacial score (nSPS) is 20.6. The number of hydrogen-bond acceptors (Lipinski definition) is 3. The first-order chi connectivity index (χ1) is 7.77. The van der Waals surface area contributed by atoms with E-state index in [9.17, 15) is 4.79 Å². The zero-order chi connectivity index (χ0) is 11.4. The molecule has 2 amide bonds. The summed E-state index contributed by atoms with van der Waals surface area (Å²) in [6.07, 6.45) is 3.34. The molecule has 0 spiro atoms. The molecule has 0 aromatic carbocycles. The summed E-state index contributed by atoms with van der Waals surface area (Å²) in [5, 5.41) is 2.88. The van der Waals surface area contributed by atoms with E-state index in [1.807, 2.05) is 16.7 Å². The predicted molar refractivity (Wildman–Crippen MR) is 66.7 cm³/mol. The molecule has 1 aromatic rings. The van der Waals surface area contributed by atoms with Crippen molar-refractivity contribution in [1.82, 2.24) is 9.88 Å². The van der Waals surface area contributed by atoms with Gasteiger partial charge in [0.25, 0.3) is 0 Å². The minimum atomic E-state index is -0.0148. The fraction of sp³-hybridized carbons (Fsp3) is 0.455. The summed E-state index contributed by atoms with van der Waals surface area (Å²) in [6, 6.07) is 3.88. The Morgan fingerprint density at radius 2 is 2.31 bits per heavy atom. The maximum absolute atomic E-state index is 12.0. The summed E-state index contributed by atoms with van der Waals surface area (Å²) in [5.74, 6) is 2.04. The van der Waals surface area contributed by atoms with E-state index in [2.05, 4.69) is 17.2 Å². The van der Waals surface area contributed by atoms with Gasteiger partial charge in [0.15, 0.2) is 0 Å². The van der Waals surface area contributed by atoms with E-state index in [0.29, 0.717) is 6.04 Å². The molecule has 16 heavy (non-hydrogen) atoms. The third kappa shape index (κ3) is 2.66. The van der Waals surface area contributed by atoms with Crippen LogP contribution in [-0.4, -0.2) is 40.0 Å². The van der Waals surface area contributed by atoms with Crippen LogP contribution in [0.5, 0.6) is 0 Å². The van der Waals surface area contributed by atoms with Gasteiger partial charge in [0.05, 0.1) is 0 Å². The Morgan fingerprint density at radius 1 is 1.56 bits per heavy atom. The van der Waals surface area contributed by atoms with Gasteiger partial charge < -0.3 is 10.2 Å². The lowest BCUT2D eigenvalue weighted by atomic mass is 10.3. The molecule has 2 heterocycles. The van der Waals surface area contributed by atoms with Crippen LogP contribution >= 0.6 is 11.8 Å². The van der Waals surface area contributed by atoms with Crippen molar-refractivity contribution in [2.75, 3.05) is 23.4 Å². The van der Waals surface area contributed by atoms with Crippen LogP contribution < -0.4 is 5.32 Å². The molecule has 2 rings (SSSR count). The molecule has 1 aliphatic heterocycles. The Bertz CT molecular complexity index is 358. The maximum atomic E-state index is 12.0. The third-order valence-electron chi connectivity index (χ3n) is 2.56. The van der Waals surface area contributed by atoms with E-state index < -0.39 is 0 Å². The summed E-state index contributed by atoms with van der Waals surface area (Å²) in [4.78, 5) is 17.8. The summed E-state index contributed by atoms with van der Waals surface area (Å²) in [6.45, 7) is 2.90. The highest BCUT2D eigenvalue weighted by Crippen LogP contribution is 2.17. The first-order valence-electron chi connectivity index (χ1n) is 5.33. The van der Waals surface area contributed by atoms with Gasteiger partial charge in [0, 0.05) is 42.2 Å². The lowest BCUT2D eigenvalue weighted by Crippen LogP contribution is -2.46. The number of anilines is 1. The molecule has 1 atom stereocenters. The highest BCUT2D eigenvalue weighted by Gasteiger charge is 2.23. The number of rotatable bonds is 1. The largest absolute Gasteiger partial charge is 0.322 e.